The van der Waals surface area contributed by atoms with E-state index >= 15 is 0 Å². The van der Waals surface area contributed by atoms with Gasteiger partial charge in [0.15, 0.2) is 5.65 Å². The summed E-state index contributed by atoms with van der Waals surface area (Å²) >= 11 is 0. The van der Waals surface area contributed by atoms with Crippen molar-refractivity contribution >= 4 is 16.9 Å². The summed E-state index contributed by atoms with van der Waals surface area (Å²) in [4.78, 5) is 27.4. The summed E-state index contributed by atoms with van der Waals surface area (Å²) in [6.45, 7) is 6.11. The van der Waals surface area contributed by atoms with Crippen LogP contribution in [0.25, 0.3) is 11.0 Å². The highest BCUT2D eigenvalue weighted by molar-refractivity contribution is 5.87. The first-order chi connectivity index (χ1) is 11.6. The molecule has 1 aliphatic rings. The van der Waals surface area contributed by atoms with Crippen molar-refractivity contribution < 1.29 is 0 Å². The molecular weight excluding hydrogens is 304 g/mol. The molecule has 1 fully saturated rings. The molecule has 0 atom stereocenters. The summed E-state index contributed by atoms with van der Waals surface area (Å²) in [7, 11) is 0. The molecule has 0 amide bonds. The van der Waals surface area contributed by atoms with Crippen LogP contribution in [0.5, 0.6) is 0 Å². The molecule has 0 saturated carbocycles. The summed E-state index contributed by atoms with van der Waals surface area (Å²) in [6, 6.07) is 7.22. The van der Waals surface area contributed by atoms with E-state index in [1.54, 1.807) is 23.0 Å². The van der Waals surface area contributed by atoms with Gasteiger partial charge in [-0.1, -0.05) is 0 Å². The number of aryl methyl sites for hydroxylation is 2. The SMILES string of the molecule is Cc1ccc(=O)n(CC2CN(c3nc(C)nc4ncccc34)C2)n1. The van der Waals surface area contributed by atoms with Crippen molar-refractivity contribution in [1.82, 2.24) is 24.7 Å². The molecule has 7 nitrogen and oxygen atoms in total. The van der Waals surface area contributed by atoms with Crippen LogP contribution in [-0.2, 0) is 6.54 Å². The average molecular weight is 322 g/mol. The highest BCUT2D eigenvalue weighted by Gasteiger charge is 2.30. The van der Waals surface area contributed by atoms with Gasteiger partial charge in [0.2, 0.25) is 0 Å². The van der Waals surface area contributed by atoms with Gasteiger partial charge in [-0.2, -0.15) is 5.10 Å². The van der Waals surface area contributed by atoms with Gasteiger partial charge in [-0.25, -0.2) is 19.6 Å². The largest absolute Gasteiger partial charge is 0.355 e. The standard InChI is InChI=1S/C17H18N6O/c1-11-5-6-15(24)23(21-11)10-13-8-22(9-13)17-14-4-3-7-18-16(14)19-12(2)20-17/h3-7,13H,8-10H2,1-2H3. The molecule has 0 bridgehead atoms. The first-order valence-corrected chi connectivity index (χ1v) is 7.99. The number of anilines is 1. The summed E-state index contributed by atoms with van der Waals surface area (Å²) in [5, 5.41) is 5.27. The third-order valence-electron chi connectivity index (χ3n) is 4.25. The Balaban J connectivity index is 1.54. The lowest BCUT2D eigenvalue weighted by Crippen LogP contribution is -2.50. The van der Waals surface area contributed by atoms with Crippen LogP contribution in [0.4, 0.5) is 5.82 Å². The van der Waals surface area contributed by atoms with Crippen LogP contribution >= 0.6 is 0 Å². The van der Waals surface area contributed by atoms with Gasteiger partial charge in [0, 0.05) is 31.3 Å². The molecule has 0 radical (unpaired) electrons. The summed E-state index contributed by atoms with van der Waals surface area (Å²) in [6.07, 6.45) is 1.74. The molecule has 3 aromatic heterocycles. The number of aromatic nitrogens is 5. The van der Waals surface area contributed by atoms with Crippen LogP contribution in [0.3, 0.4) is 0 Å². The highest BCUT2D eigenvalue weighted by Crippen LogP contribution is 2.29. The van der Waals surface area contributed by atoms with Gasteiger partial charge < -0.3 is 4.90 Å². The Morgan fingerprint density at radius 1 is 1.17 bits per heavy atom. The molecule has 0 aromatic carbocycles. The molecule has 4 rings (SSSR count). The van der Waals surface area contributed by atoms with Gasteiger partial charge in [0.25, 0.3) is 5.56 Å². The Kier molecular flexibility index (Phi) is 3.48. The minimum absolute atomic E-state index is 0.0495. The van der Waals surface area contributed by atoms with Crippen LogP contribution < -0.4 is 10.5 Å². The predicted octanol–water partition coefficient (Wildman–Crippen LogP) is 1.33. The second kappa shape index (κ2) is 5.67. The maximum Gasteiger partial charge on any atom is 0.266 e. The zero-order chi connectivity index (χ0) is 16.7. The van der Waals surface area contributed by atoms with Crippen molar-refractivity contribution in [3.05, 3.63) is 52.3 Å². The third-order valence-corrected chi connectivity index (χ3v) is 4.25. The number of nitrogens with zero attached hydrogens (tertiary/aromatic N) is 6. The van der Waals surface area contributed by atoms with Crippen LogP contribution in [0.1, 0.15) is 11.5 Å². The van der Waals surface area contributed by atoms with Crippen molar-refractivity contribution in [2.75, 3.05) is 18.0 Å². The lowest BCUT2D eigenvalue weighted by atomic mass is 10.00. The number of hydrogen-bond acceptors (Lipinski definition) is 6. The molecular formula is C17H18N6O. The first-order valence-electron chi connectivity index (χ1n) is 7.99. The fraction of sp³-hybridized carbons (Fsp3) is 0.353. The predicted molar refractivity (Wildman–Crippen MR) is 91.0 cm³/mol. The Morgan fingerprint density at radius 2 is 2.00 bits per heavy atom. The first kappa shape index (κ1) is 14.7. The number of hydrogen-bond donors (Lipinski definition) is 0. The van der Waals surface area contributed by atoms with Crippen LogP contribution in [0.2, 0.25) is 0 Å². The van der Waals surface area contributed by atoms with Crippen molar-refractivity contribution in [2.24, 2.45) is 5.92 Å². The lowest BCUT2D eigenvalue weighted by Gasteiger charge is -2.40. The minimum Gasteiger partial charge on any atom is -0.355 e. The summed E-state index contributed by atoms with van der Waals surface area (Å²) in [5.74, 6) is 2.03. The minimum atomic E-state index is -0.0495. The lowest BCUT2D eigenvalue weighted by molar-refractivity contribution is 0.332. The van der Waals surface area contributed by atoms with Crippen molar-refractivity contribution in [3.63, 3.8) is 0 Å². The van der Waals surface area contributed by atoms with E-state index in [0.717, 1.165) is 41.5 Å². The van der Waals surface area contributed by atoms with Crippen molar-refractivity contribution in [1.29, 1.82) is 0 Å². The summed E-state index contributed by atoms with van der Waals surface area (Å²) in [5.41, 5.74) is 1.53. The fourth-order valence-corrected chi connectivity index (χ4v) is 3.08. The zero-order valence-corrected chi connectivity index (χ0v) is 13.7. The zero-order valence-electron chi connectivity index (χ0n) is 13.7. The maximum absolute atomic E-state index is 11.9. The van der Waals surface area contributed by atoms with E-state index in [-0.39, 0.29) is 5.56 Å². The smallest absolute Gasteiger partial charge is 0.266 e. The highest BCUT2D eigenvalue weighted by atomic mass is 16.1. The Hall–Kier alpha value is -2.83. The molecule has 7 heteroatoms. The molecule has 4 heterocycles. The van der Waals surface area contributed by atoms with Gasteiger partial charge in [-0.3, -0.25) is 4.79 Å². The molecule has 1 aliphatic heterocycles. The second-order valence-electron chi connectivity index (χ2n) is 6.24. The number of fused-ring (bicyclic) bond motifs is 1. The van der Waals surface area contributed by atoms with E-state index in [2.05, 4.69) is 25.0 Å². The van der Waals surface area contributed by atoms with Gasteiger partial charge in [-0.05, 0) is 32.0 Å². The van der Waals surface area contributed by atoms with Gasteiger partial charge in [0.05, 0.1) is 17.6 Å². The molecule has 0 unspecified atom stereocenters. The number of pyridine rings is 1. The van der Waals surface area contributed by atoms with Crippen molar-refractivity contribution in [2.45, 2.75) is 20.4 Å². The fourth-order valence-electron chi connectivity index (χ4n) is 3.08. The van der Waals surface area contributed by atoms with Crippen LogP contribution in [0, 0.1) is 19.8 Å². The average Bonchev–Trinajstić information content (AvgIpc) is 2.53. The van der Waals surface area contributed by atoms with Gasteiger partial charge in [-0.15, -0.1) is 0 Å². The van der Waals surface area contributed by atoms with E-state index in [0.29, 0.717) is 12.5 Å². The molecule has 3 aromatic rings. The summed E-state index contributed by atoms with van der Waals surface area (Å²) < 4.78 is 1.56. The monoisotopic (exact) mass is 322 g/mol. The molecule has 0 N–H and O–H groups in total. The molecule has 122 valence electrons. The molecule has 24 heavy (non-hydrogen) atoms. The Bertz CT molecular complexity index is 961. The Morgan fingerprint density at radius 3 is 2.83 bits per heavy atom. The van der Waals surface area contributed by atoms with Crippen LogP contribution in [0.15, 0.2) is 35.3 Å². The topological polar surface area (TPSA) is 76.8 Å². The number of rotatable bonds is 3. The molecule has 1 saturated heterocycles. The van der Waals surface area contributed by atoms with E-state index in [1.165, 1.54) is 0 Å². The molecule has 0 aliphatic carbocycles. The Labute approximate surface area is 139 Å². The van der Waals surface area contributed by atoms with E-state index < -0.39 is 0 Å². The van der Waals surface area contributed by atoms with E-state index in [4.69, 9.17) is 0 Å². The quantitative estimate of drug-likeness (QED) is 0.724. The van der Waals surface area contributed by atoms with E-state index in [9.17, 15) is 4.79 Å². The normalized spacial score (nSPS) is 14.8. The van der Waals surface area contributed by atoms with Crippen LogP contribution in [-0.4, -0.2) is 37.8 Å². The van der Waals surface area contributed by atoms with Gasteiger partial charge >= 0.3 is 0 Å². The molecule has 0 spiro atoms. The third kappa shape index (κ3) is 2.62. The van der Waals surface area contributed by atoms with Gasteiger partial charge in [0.1, 0.15) is 11.6 Å². The second-order valence-corrected chi connectivity index (χ2v) is 6.24. The maximum atomic E-state index is 11.9. The van der Waals surface area contributed by atoms with Crippen molar-refractivity contribution in [3.8, 4) is 0 Å². The van der Waals surface area contributed by atoms with E-state index in [1.807, 2.05) is 26.0 Å².